The lowest BCUT2D eigenvalue weighted by atomic mass is 10.0. The number of benzene rings is 4. The van der Waals surface area contributed by atoms with Crippen LogP contribution >= 0.6 is 11.6 Å². The van der Waals surface area contributed by atoms with Crippen LogP contribution in [0.5, 0.6) is 5.75 Å². The van der Waals surface area contributed by atoms with Gasteiger partial charge in [-0.1, -0.05) is 71.3 Å². The first-order chi connectivity index (χ1) is 16.4. The van der Waals surface area contributed by atoms with Crippen molar-refractivity contribution in [2.75, 3.05) is 5.32 Å². The van der Waals surface area contributed by atoms with Crippen molar-refractivity contribution in [3.63, 3.8) is 0 Å². The molecular formula is C29H23ClN2O2. The highest BCUT2D eigenvalue weighted by Crippen LogP contribution is 2.31. The van der Waals surface area contributed by atoms with E-state index in [1.165, 1.54) is 11.1 Å². The number of hydrogen-bond donors (Lipinski definition) is 1. The molecular weight excluding hydrogens is 444 g/mol. The van der Waals surface area contributed by atoms with Gasteiger partial charge in [-0.2, -0.15) is 5.26 Å². The Hall–Kier alpha value is -4.07. The fraction of sp³-hybridized carbons (Fsp3) is 0.103. The van der Waals surface area contributed by atoms with E-state index in [2.05, 4.69) is 37.4 Å². The van der Waals surface area contributed by atoms with Gasteiger partial charge in [-0.05, 0) is 66.6 Å². The van der Waals surface area contributed by atoms with E-state index in [9.17, 15) is 10.1 Å². The molecule has 0 aliphatic rings. The molecule has 0 saturated heterocycles. The summed E-state index contributed by atoms with van der Waals surface area (Å²) in [5.41, 5.74) is 4.61. The van der Waals surface area contributed by atoms with E-state index < -0.39 is 5.91 Å². The first-order valence-corrected chi connectivity index (χ1v) is 11.2. The van der Waals surface area contributed by atoms with Crippen molar-refractivity contribution in [2.24, 2.45) is 0 Å². The van der Waals surface area contributed by atoms with Crippen molar-refractivity contribution in [3.05, 3.63) is 112 Å². The third kappa shape index (κ3) is 5.46. The van der Waals surface area contributed by atoms with E-state index in [0.717, 1.165) is 16.3 Å². The van der Waals surface area contributed by atoms with Crippen LogP contribution in [0, 0.1) is 25.2 Å². The van der Waals surface area contributed by atoms with Gasteiger partial charge in [0.05, 0.1) is 0 Å². The summed E-state index contributed by atoms with van der Waals surface area (Å²) in [6.45, 7) is 4.49. The summed E-state index contributed by atoms with van der Waals surface area (Å²) in [6.07, 6.45) is 1.59. The van der Waals surface area contributed by atoms with Crippen LogP contribution in [0.15, 0.2) is 84.4 Å². The highest BCUT2D eigenvalue weighted by molar-refractivity contribution is 6.30. The lowest BCUT2D eigenvalue weighted by molar-refractivity contribution is -0.112. The van der Waals surface area contributed by atoms with Gasteiger partial charge in [0, 0.05) is 16.3 Å². The van der Waals surface area contributed by atoms with Crippen molar-refractivity contribution >= 4 is 40.0 Å². The van der Waals surface area contributed by atoms with Gasteiger partial charge in [0.1, 0.15) is 24.0 Å². The molecule has 0 atom stereocenters. The Morgan fingerprint density at radius 3 is 2.41 bits per heavy atom. The van der Waals surface area contributed by atoms with Gasteiger partial charge in [-0.3, -0.25) is 4.79 Å². The Kier molecular flexibility index (Phi) is 6.96. The Bertz CT molecular complexity index is 1410. The van der Waals surface area contributed by atoms with Gasteiger partial charge >= 0.3 is 0 Å². The van der Waals surface area contributed by atoms with Gasteiger partial charge in [0.15, 0.2) is 0 Å². The molecule has 4 nitrogen and oxygen atoms in total. The van der Waals surface area contributed by atoms with Gasteiger partial charge in [0.2, 0.25) is 0 Å². The standard InChI is InChI=1S/C29H23ClN2O2/c1-19-13-20(2)15-21(14-19)18-34-28-12-7-22-5-3-4-6-26(22)27(28)16-23(17-31)29(33)32-25-10-8-24(30)9-11-25/h3-16H,18H2,1-2H3,(H,32,33)/b23-16+. The molecule has 0 radical (unpaired) electrons. The normalized spacial score (nSPS) is 11.2. The van der Waals surface area contributed by atoms with Crippen LogP contribution in [-0.4, -0.2) is 5.91 Å². The number of nitriles is 1. The zero-order valence-electron chi connectivity index (χ0n) is 18.9. The molecule has 0 spiro atoms. The van der Waals surface area contributed by atoms with E-state index in [0.29, 0.717) is 28.6 Å². The summed E-state index contributed by atoms with van der Waals surface area (Å²) in [5.74, 6) is 0.0999. The number of anilines is 1. The predicted octanol–water partition coefficient (Wildman–Crippen LogP) is 7.23. The third-order valence-corrected chi connectivity index (χ3v) is 5.61. The maximum absolute atomic E-state index is 12.9. The van der Waals surface area contributed by atoms with Gasteiger partial charge in [-0.15, -0.1) is 0 Å². The molecule has 1 amide bonds. The van der Waals surface area contributed by atoms with E-state index in [-0.39, 0.29) is 5.57 Å². The zero-order valence-corrected chi connectivity index (χ0v) is 19.7. The maximum Gasteiger partial charge on any atom is 0.266 e. The van der Waals surface area contributed by atoms with Crippen molar-refractivity contribution < 1.29 is 9.53 Å². The monoisotopic (exact) mass is 466 g/mol. The molecule has 0 bridgehead atoms. The summed E-state index contributed by atoms with van der Waals surface area (Å²) in [6, 6.07) is 26.7. The number of aryl methyl sites for hydroxylation is 2. The second-order valence-electron chi connectivity index (χ2n) is 8.11. The zero-order chi connectivity index (χ0) is 24.1. The minimum absolute atomic E-state index is 0.0254. The summed E-state index contributed by atoms with van der Waals surface area (Å²) < 4.78 is 6.20. The van der Waals surface area contributed by atoms with Crippen molar-refractivity contribution in [2.45, 2.75) is 20.5 Å². The number of amides is 1. The molecule has 168 valence electrons. The SMILES string of the molecule is Cc1cc(C)cc(COc2ccc3ccccc3c2/C=C(\C#N)C(=O)Nc2ccc(Cl)cc2)c1. The largest absolute Gasteiger partial charge is 0.488 e. The highest BCUT2D eigenvalue weighted by Gasteiger charge is 2.14. The van der Waals surface area contributed by atoms with Gasteiger partial charge in [0.25, 0.3) is 5.91 Å². The van der Waals surface area contributed by atoms with Crippen LogP contribution in [0.4, 0.5) is 5.69 Å². The number of carbonyl (C=O) groups excluding carboxylic acids is 1. The average molecular weight is 467 g/mol. The molecule has 0 aliphatic heterocycles. The molecule has 4 rings (SSSR count). The Morgan fingerprint density at radius 1 is 1.00 bits per heavy atom. The number of nitrogens with zero attached hydrogens (tertiary/aromatic N) is 1. The summed E-state index contributed by atoms with van der Waals surface area (Å²) in [7, 11) is 0. The molecule has 34 heavy (non-hydrogen) atoms. The first-order valence-electron chi connectivity index (χ1n) is 10.8. The molecule has 5 heteroatoms. The van der Waals surface area contributed by atoms with Crippen LogP contribution in [0.1, 0.15) is 22.3 Å². The number of hydrogen-bond acceptors (Lipinski definition) is 3. The summed E-state index contributed by atoms with van der Waals surface area (Å²) in [4.78, 5) is 12.9. The van der Waals surface area contributed by atoms with E-state index in [4.69, 9.17) is 16.3 Å². The quantitative estimate of drug-likeness (QED) is 0.241. The molecule has 0 aliphatic carbocycles. The molecule has 0 unspecified atom stereocenters. The first kappa shape index (κ1) is 23.1. The molecule has 4 aromatic rings. The molecule has 1 N–H and O–H groups in total. The second-order valence-corrected chi connectivity index (χ2v) is 8.55. The number of carbonyl (C=O) groups is 1. The average Bonchev–Trinajstić information content (AvgIpc) is 2.82. The van der Waals surface area contributed by atoms with Crippen LogP contribution < -0.4 is 10.1 Å². The lowest BCUT2D eigenvalue weighted by Crippen LogP contribution is -2.13. The van der Waals surface area contributed by atoms with E-state index in [1.54, 1.807) is 30.3 Å². The van der Waals surface area contributed by atoms with Gasteiger partial charge in [-0.25, -0.2) is 0 Å². The van der Waals surface area contributed by atoms with Crippen LogP contribution in [-0.2, 0) is 11.4 Å². The molecule has 0 fully saturated rings. The minimum Gasteiger partial charge on any atom is -0.488 e. The summed E-state index contributed by atoms with van der Waals surface area (Å²) in [5, 5.41) is 15.0. The lowest BCUT2D eigenvalue weighted by Gasteiger charge is -2.14. The number of halogens is 1. The maximum atomic E-state index is 12.9. The number of nitrogens with one attached hydrogen (secondary N) is 1. The number of ether oxygens (including phenoxy) is 1. The molecule has 4 aromatic carbocycles. The Labute approximate surface area is 204 Å². The summed E-state index contributed by atoms with van der Waals surface area (Å²) >= 11 is 5.92. The molecule has 0 heterocycles. The Morgan fingerprint density at radius 2 is 1.71 bits per heavy atom. The van der Waals surface area contributed by atoms with E-state index in [1.807, 2.05) is 42.5 Å². The molecule has 0 aromatic heterocycles. The third-order valence-electron chi connectivity index (χ3n) is 5.36. The van der Waals surface area contributed by atoms with Crippen molar-refractivity contribution in [1.29, 1.82) is 5.26 Å². The second kappa shape index (κ2) is 10.2. The topological polar surface area (TPSA) is 62.1 Å². The van der Waals surface area contributed by atoms with Crippen LogP contribution in [0.3, 0.4) is 0 Å². The molecule has 0 saturated carbocycles. The van der Waals surface area contributed by atoms with Crippen LogP contribution in [0.25, 0.3) is 16.8 Å². The fourth-order valence-electron chi connectivity index (χ4n) is 3.89. The smallest absolute Gasteiger partial charge is 0.266 e. The Balaban J connectivity index is 1.70. The fourth-order valence-corrected chi connectivity index (χ4v) is 4.01. The minimum atomic E-state index is -0.502. The van der Waals surface area contributed by atoms with Crippen molar-refractivity contribution in [1.82, 2.24) is 0 Å². The van der Waals surface area contributed by atoms with Gasteiger partial charge < -0.3 is 10.1 Å². The number of fused-ring (bicyclic) bond motifs is 1. The van der Waals surface area contributed by atoms with Crippen molar-refractivity contribution in [3.8, 4) is 11.8 Å². The van der Waals surface area contributed by atoms with Crippen LogP contribution in [0.2, 0.25) is 5.02 Å². The highest BCUT2D eigenvalue weighted by atomic mass is 35.5. The predicted molar refractivity (Wildman–Crippen MR) is 138 cm³/mol. The number of rotatable bonds is 6. The van der Waals surface area contributed by atoms with E-state index >= 15 is 0 Å².